The van der Waals surface area contributed by atoms with E-state index in [9.17, 15) is 9.59 Å². The largest absolute Gasteiger partial charge is 0.347 e. The molecule has 3 aliphatic rings. The topological polar surface area (TPSA) is 49.4 Å². The van der Waals surface area contributed by atoms with Gasteiger partial charge >= 0.3 is 0 Å². The van der Waals surface area contributed by atoms with Gasteiger partial charge in [0, 0.05) is 23.5 Å². The highest BCUT2D eigenvalue weighted by atomic mass is 79.9. The highest BCUT2D eigenvalue weighted by Gasteiger charge is 2.50. The SMILES string of the molecule is C/C=C(C)/C(Br)=C\C=C/CCC.C=C(C)C(C)(C)NC(=O)C1C2CC1CN(C=O)C2.CC. The van der Waals surface area contributed by atoms with Gasteiger partial charge in [-0.05, 0) is 70.9 Å². The van der Waals surface area contributed by atoms with Crippen molar-refractivity contribution in [3.05, 3.63) is 46.5 Å². The number of carbonyl (C=O) groups is 2. The molecule has 2 amide bonds. The minimum Gasteiger partial charge on any atom is -0.347 e. The Morgan fingerprint density at radius 1 is 1.22 bits per heavy atom. The van der Waals surface area contributed by atoms with E-state index in [-0.39, 0.29) is 17.4 Å². The number of rotatable bonds is 8. The Morgan fingerprint density at radius 3 is 2.22 bits per heavy atom. The van der Waals surface area contributed by atoms with Crippen LogP contribution < -0.4 is 5.32 Å². The van der Waals surface area contributed by atoms with Crippen LogP contribution in [0, 0.1) is 17.8 Å². The highest BCUT2D eigenvalue weighted by Crippen LogP contribution is 2.45. The Morgan fingerprint density at radius 2 is 1.78 bits per heavy atom. The number of hydrogen-bond donors (Lipinski definition) is 1. The summed E-state index contributed by atoms with van der Waals surface area (Å²) in [5.74, 6) is 0.888. The van der Waals surface area contributed by atoms with Crippen LogP contribution in [-0.2, 0) is 9.59 Å². The Balaban J connectivity index is 0.000000602. The maximum absolute atomic E-state index is 12.3. The van der Waals surface area contributed by atoms with E-state index in [1.807, 2.05) is 41.5 Å². The summed E-state index contributed by atoms with van der Waals surface area (Å²) in [5.41, 5.74) is 1.87. The second-order valence-corrected chi connectivity index (χ2v) is 9.79. The summed E-state index contributed by atoms with van der Waals surface area (Å²) >= 11 is 3.50. The van der Waals surface area contributed by atoms with Crippen molar-refractivity contribution in [1.29, 1.82) is 0 Å². The van der Waals surface area contributed by atoms with Crippen LogP contribution >= 0.6 is 15.9 Å². The maximum Gasteiger partial charge on any atom is 0.224 e. The van der Waals surface area contributed by atoms with Crippen molar-refractivity contribution in [2.45, 2.75) is 80.2 Å². The molecule has 0 aromatic heterocycles. The van der Waals surface area contributed by atoms with E-state index in [0.29, 0.717) is 11.8 Å². The Hall–Kier alpha value is -1.62. The molecule has 5 heteroatoms. The molecule has 2 bridgehead atoms. The quantitative estimate of drug-likeness (QED) is 0.222. The monoisotopic (exact) mass is 508 g/mol. The number of hydrogen-bond acceptors (Lipinski definition) is 2. The minimum absolute atomic E-state index is 0.0832. The van der Waals surface area contributed by atoms with Crippen LogP contribution in [0.5, 0.6) is 0 Å². The molecule has 0 aromatic carbocycles. The molecule has 0 radical (unpaired) electrons. The van der Waals surface area contributed by atoms with Gasteiger partial charge in [-0.2, -0.15) is 0 Å². The molecule has 1 saturated carbocycles. The average Bonchev–Trinajstić information content (AvgIpc) is 2.77. The van der Waals surface area contributed by atoms with Gasteiger partial charge in [-0.3, -0.25) is 9.59 Å². The zero-order valence-corrected chi connectivity index (χ0v) is 23.1. The van der Waals surface area contributed by atoms with Gasteiger partial charge in [0.1, 0.15) is 0 Å². The first-order valence-electron chi connectivity index (χ1n) is 11.9. The van der Waals surface area contributed by atoms with Crippen LogP contribution in [0.1, 0.15) is 74.7 Å². The molecular weight excluding hydrogens is 464 g/mol. The predicted molar refractivity (Wildman–Crippen MR) is 142 cm³/mol. The summed E-state index contributed by atoms with van der Waals surface area (Å²) in [5, 5.41) is 3.07. The fraction of sp³-hybridized carbons (Fsp3) is 0.630. The molecule has 2 unspecified atom stereocenters. The second kappa shape index (κ2) is 15.3. The number of halogens is 1. The van der Waals surface area contributed by atoms with Gasteiger partial charge in [-0.15, -0.1) is 0 Å². The van der Waals surface area contributed by atoms with Crippen molar-refractivity contribution in [2.75, 3.05) is 13.1 Å². The summed E-state index contributed by atoms with van der Waals surface area (Å²) in [6.45, 7) is 21.6. The first-order valence-corrected chi connectivity index (χ1v) is 12.7. The van der Waals surface area contributed by atoms with Crippen LogP contribution in [-0.4, -0.2) is 35.8 Å². The van der Waals surface area contributed by atoms with Gasteiger partial charge < -0.3 is 10.2 Å². The molecule has 2 heterocycles. The number of amides is 2. The van der Waals surface area contributed by atoms with E-state index in [1.54, 1.807) is 4.90 Å². The summed E-state index contributed by atoms with van der Waals surface area (Å²) in [4.78, 5) is 24.8. The lowest BCUT2D eigenvalue weighted by Crippen LogP contribution is -2.61. The van der Waals surface area contributed by atoms with Crippen molar-refractivity contribution in [2.24, 2.45) is 17.8 Å². The summed E-state index contributed by atoms with van der Waals surface area (Å²) in [6, 6.07) is 0. The summed E-state index contributed by atoms with van der Waals surface area (Å²) in [6.07, 6.45) is 12.8. The van der Waals surface area contributed by atoms with Gasteiger partial charge in [0.15, 0.2) is 0 Å². The fourth-order valence-corrected chi connectivity index (χ4v) is 4.00. The zero-order chi connectivity index (χ0) is 24.9. The number of fused-ring (bicyclic) bond motifs is 2. The predicted octanol–water partition coefficient (Wildman–Crippen LogP) is 6.80. The van der Waals surface area contributed by atoms with Crippen molar-refractivity contribution in [3.8, 4) is 0 Å². The van der Waals surface area contributed by atoms with Gasteiger partial charge in [-0.25, -0.2) is 0 Å². The van der Waals surface area contributed by atoms with Crippen molar-refractivity contribution < 1.29 is 9.59 Å². The molecule has 3 rings (SSSR count). The Labute approximate surface area is 205 Å². The van der Waals surface area contributed by atoms with Gasteiger partial charge in [0.2, 0.25) is 12.3 Å². The van der Waals surface area contributed by atoms with E-state index >= 15 is 0 Å². The summed E-state index contributed by atoms with van der Waals surface area (Å²) in [7, 11) is 0. The lowest BCUT2D eigenvalue weighted by Gasteiger charge is -2.52. The molecule has 3 fully saturated rings. The van der Waals surface area contributed by atoms with Gasteiger partial charge in [0.05, 0.1) is 5.54 Å². The lowest BCUT2D eigenvalue weighted by molar-refractivity contribution is -0.147. The van der Waals surface area contributed by atoms with E-state index < -0.39 is 0 Å². The van der Waals surface area contributed by atoms with E-state index in [4.69, 9.17) is 0 Å². The van der Waals surface area contributed by atoms with Crippen molar-refractivity contribution in [3.63, 3.8) is 0 Å². The number of nitrogens with one attached hydrogen (secondary N) is 1. The molecule has 182 valence electrons. The molecule has 1 N–H and O–H groups in total. The molecular formula is C27H45BrN2O2. The van der Waals surface area contributed by atoms with Crippen LogP contribution in [0.15, 0.2) is 46.5 Å². The number of allylic oxidation sites excluding steroid dienone is 6. The molecule has 0 spiro atoms. The van der Waals surface area contributed by atoms with Crippen LogP contribution in [0.3, 0.4) is 0 Å². The standard InChI is InChI=1S/C14H22N2O2.C11H17Br.C2H6/c1-9(2)14(3,4)15-13(18)12-10-5-11(12)7-16(6-10)8-17;1-4-6-7-8-9-11(12)10(3)5-2;1-2/h8,10-12H,1,5-7H2,2-4H3,(H,15,18);5,7-9H,4,6H2,1-3H3;1-2H3/b;8-7-,10-5+,11-9+;. The van der Waals surface area contributed by atoms with Crippen LogP contribution in [0.4, 0.5) is 0 Å². The smallest absolute Gasteiger partial charge is 0.224 e. The van der Waals surface area contributed by atoms with Gasteiger partial charge in [0.25, 0.3) is 0 Å². The first kappa shape index (κ1) is 30.4. The third kappa shape index (κ3) is 9.48. The average molecular weight is 510 g/mol. The van der Waals surface area contributed by atoms with Crippen LogP contribution in [0.25, 0.3) is 0 Å². The molecule has 32 heavy (non-hydrogen) atoms. The number of unbranched alkanes of at least 4 members (excludes halogenated alkanes) is 1. The van der Waals surface area contributed by atoms with E-state index in [1.165, 1.54) is 12.0 Å². The fourth-order valence-electron chi connectivity index (χ4n) is 3.62. The van der Waals surface area contributed by atoms with Crippen LogP contribution in [0.2, 0.25) is 0 Å². The third-order valence-electron chi connectivity index (χ3n) is 6.16. The maximum atomic E-state index is 12.3. The normalized spacial score (nSPS) is 22.7. The van der Waals surface area contributed by atoms with Crippen molar-refractivity contribution in [1.82, 2.24) is 10.2 Å². The van der Waals surface area contributed by atoms with E-state index in [2.05, 4.69) is 66.0 Å². The second-order valence-electron chi connectivity index (χ2n) is 8.94. The summed E-state index contributed by atoms with van der Waals surface area (Å²) < 4.78 is 1.16. The molecule has 2 atom stereocenters. The van der Waals surface area contributed by atoms with E-state index in [0.717, 1.165) is 42.4 Å². The Bertz CT molecular complexity index is 694. The van der Waals surface area contributed by atoms with Gasteiger partial charge in [-0.1, -0.05) is 73.5 Å². The number of carbonyl (C=O) groups excluding carboxylic acids is 2. The Kier molecular flexibility index (Phi) is 14.5. The third-order valence-corrected chi connectivity index (χ3v) is 7.05. The highest BCUT2D eigenvalue weighted by molar-refractivity contribution is 9.12. The number of nitrogens with zero attached hydrogens (tertiary/aromatic N) is 1. The zero-order valence-electron chi connectivity index (χ0n) is 21.5. The molecule has 2 saturated heterocycles. The number of piperidine rings is 2. The first-order chi connectivity index (χ1) is 15.1. The minimum atomic E-state index is -0.356. The molecule has 2 aliphatic heterocycles. The molecule has 0 aromatic rings. The molecule has 4 nitrogen and oxygen atoms in total. The lowest BCUT2D eigenvalue weighted by atomic mass is 9.61. The molecule has 1 aliphatic carbocycles. The van der Waals surface area contributed by atoms with Crippen molar-refractivity contribution >= 4 is 28.2 Å².